The van der Waals surface area contributed by atoms with E-state index in [9.17, 15) is 13.2 Å². The van der Waals surface area contributed by atoms with Crippen LogP contribution in [0.5, 0.6) is 0 Å². The van der Waals surface area contributed by atoms with Crippen LogP contribution >= 0.6 is 0 Å². The zero-order valence-electron chi connectivity index (χ0n) is 10.9. The molecule has 1 aliphatic heterocycles. The fourth-order valence-electron chi connectivity index (χ4n) is 2.15. The second kappa shape index (κ2) is 4.93. The highest BCUT2D eigenvalue weighted by molar-refractivity contribution is 7.89. The van der Waals surface area contributed by atoms with Gasteiger partial charge >= 0.3 is 5.97 Å². The van der Waals surface area contributed by atoms with E-state index in [4.69, 9.17) is 5.11 Å². The lowest BCUT2D eigenvalue weighted by molar-refractivity contribution is -0.140. The predicted octanol–water partition coefficient (Wildman–Crippen LogP) is 0.702. The number of aliphatic carboxylic acids is 1. The third-order valence-electron chi connectivity index (χ3n) is 3.20. The monoisotopic (exact) mass is 287 g/mol. The first-order valence-corrected chi connectivity index (χ1v) is 7.57. The average Bonchev–Trinajstić information content (AvgIpc) is 2.98. The third kappa shape index (κ3) is 2.50. The summed E-state index contributed by atoms with van der Waals surface area (Å²) in [7, 11) is -3.78. The summed E-state index contributed by atoms with van der Waals surface area (Å²) < 4.78 is 27.4. The van der Waals surface area contributed by atoms with Crippen LogP contribution in [0, 0.1) is 0 Å². The number of nitrogens with zero attached hydrogens (tertiary/aromatic N) is 3. The van der Waals surface area contributed by atoms with Crippen molar-refractivity contribution < 1.29 is 18.3 Å². The lowest BCUT2D eigenvalue weighted by Crippen LogP contribution is -2.40. The smallest absolute Gasteiger partial charge is 0.322 e. The molecule has 2 heterocycles. The van der Waals surface area contributed by atoms with Crippen molar-refractivity contribution in [3.05, 3.63) is 12.4 Å². The van der Waals surface area contributed by atoms with E-state index in [1.165, 1.54) is 12.4 Å². The van der Waals surface area contributed by atoms with Gasteiger partial charge in [0.25, 0.3) is 0 Å². The van der Waals surface area contributed by atoms with E-state index in [0.717, 1.165) is 4.31 Å². The van der Waals surface area contributed by atoms with Gasteiger partial charge in [-0.05, 0) is 26.7 Å². The molecule has 1 aromatic rings. The first kappa shape index (κ1) is 14.0. The largest absolute Gasteiger partial charge is 0.480 e. The van der Waals surface area contributed by atoms with E-state index in [-0.39, 0.29) is 17.5 Å². The maximum absolute atomic E-state index is 12.4. The molecule has 0 radical (unpaired) electrons. The summed E-state index contributed by atoms with van der Waals surface area (Å²) in [6, 6.07) is -0.912. The second-order valence-electron chi connectivity index (χ2n) is 4.86. The van der Waals surface area contributed by atoms with Gasteiger partial charge < -0.3 is 5.11 Å². The minimum atomic E-state index is -3.78. The molecule has 1 fully saturated rings. The maximum atomic E-state index is 12.4. The Kier molecular flexibility index (Phi) is 3.64. The van der Waals surface area contributed by atoms with E-state index < -0.39 is 22.0 Å². The standard InChI is InChI=1S/C11H17N3O4S/c1-8(2)13-7-9(6-12-13)19(17,18)14-5-3-4-10(14)11(15)16/h6-8,10H,3-5H2,1-2H3,(H,15,16). The van der Waals surface area contributed by atoms with Crippen molar-refractivity contribution in [1.82, 2.24) is 14.1 Å². The molecular formula is C11H17N3O4S. The Hall–Kier alpha value is -1.41. The number of carboxylic acids is 1. The van der Waals surface area contributed by atoms with E-state index in [0.29, 0.717) is 12.8 Å². The van der Waals surface area contributed by atoms with Crippen LogP contribution in [-0.2, 0) is 14.8 Å². The van der Waals surface area contributed by atoms with Crippen molar-refractivity contribution in [3.63, 3.8) is 0 Å². The third-order valence-corrected chi connectivity index (χ3v) is 5.06. The number of hydrogen-bond acceptors (Lipinski definition) is 4. The quantitative estimate of drug-likeness (QED) is 0.880. The minimum absolute atomic E-state index is 0.0503. The van der Waals surface area contributed by atoms with Crippen LogP contribution in [0.4, 0.5) is 0 Å². The number of rotatable bonds is 4. The number of carbonyl (C=O) groups is 1. The van der Waals surface area contributed by atoms with Crippen molar-refractivity contribution in [1.29, 1.82) is 0 Å². The Morgan fingerprint density at radius 3 is 2.74 bits per heavy atom. The van der Waals surface area contributed by atoms with Crippen LogP contribution in [0.15, 0.2) is 17.3 Å². The highest BCUT2D eigenvalue weighted by atomic mass is 32.2. The van der Waals surface area contributed by atoms with Crippen LogP contribution in [0.3, 0.4) is 0 Å². The molecule has 8 heteroatoms. The first-order valence-electron chi connectivity index (χ1n) is 6.13. The number of hydrogen-bond donors (Lipinski definition) is 1. The van der Waals surface area contributed by atoms with Gasteiger partial charge in [-0.15, -0.1) is 0 Å². The molecule has 0 aliphatic carbocycles. The van der Waals surface area contributed by atoms with Crippen molar-refractivity contribution in [2.45, 2.75) is 43.7 Å². The van der Waals surface area contributed by atoms with Gasteiger partial charge in [0.15, 0.2) is 0 Å². The lowest BCUT2D eigenvalue weighted by Gasteiger charge is -2.19. The molecule has 106 valence electrons. The predicted molar refractivity (Wildman–Crippen MR) is 67.2 cm³/mol. The van der Waals surface area contributed by atoms with Crippen LogP contribution in [-0.4, -0.2) is 46.2 Å². The molecule has 1 saturated heterocycles. The van der Waals surface area contributed by atoms with Gasteiger partial charge in [-0.3, -0.25) is 9.48 Å². The summed E-state index contributed by atoms with van der Waals surface area (Å²) in [6.45, 7) is 4.02. The zero-order valence-corrected chi connectivity index (χ0v) is 11.7. The molecule has 0 spiro atoms. The topological polar surface area (TPSA) is 92.5 Å². The van der Waals surface area contributed by atoms with E-state index in [1.807, 2.05) is 13.8 Å². The molecule has 1 aliphatic rings. The van der Waals surface area contributed by atoms with Crippen molar-refractivity contribution in [2.75, 3.05) is 6.54 Å². The molecule has 2 rings (SSSR count). The lowest BCUT2D eigenvalue weighted by atomic mass is 10.2. The van der Waals surface area contributed by atoms with Gasteiger partial charge in [0, 0.05) is 18.8 Å². The summed E-state index contributed by atoms with van der Waals surface area (Å²) in [6.07, 6.45) is 3.63. The Labute approximate surface area is 111 Å². The normalized spacial score (nSPS) is 21.1. The Morgan fingerprint density at radius 2 is 2.21 bits per heavy atom. The van der Waals surface area contributed by atoms with Gasteiger partial charge in [0.05, 0.1) is 6.20 Å². The molecule has 0 amide bonds. The van der Waals surface area contributed by atoms with E-state index in [2.05, 4.69) is 5.10 Å². The SMILES string of the molecule is CC(C)n1cc(S(=O)(=O)N2CCCC2C(=O)O)cn1. The zero-order chi connectivity index (χ0) is 14.2. The summed E-state index contributed by atoms with van der Waals surface area (Å²) in [5.41, 5.74) is 0. The summed E-state index contributed by atoms with van der Waals surface area (Å²) in [5.74, 6) is -1.10. The highest BCUT2D eigenvalue weighted by Gasteiger charge is 2.40. The van der Waals surface area contributed by atoms with Gasteiger partial charge in [0.2, 0.25) is 10.0 Å². The Balaban J connectivity index is 2.33. The van der Waals surface area contributed by atoms with Gasteiger partial charge in [-0.25, -0.2) is 8.42 Å². The van der Waals surface area contributed by atoms with Gasteiger partial charge in [0.1, 0.15) is 10.9 Å². The summed E-state index contributed by atoms with van der Waals surface area (Å²) in [4.78, 5) is 11.1. The van der Waals surface area contributed by atoms with Crippen LogP contribution in [0.25, 0.3) is 0 Å². The molecule has 1 aromatic heterocycles. The van der Waals surface area contributed by atoms with Gasteiger partial charge in [-0.1, -0.05) is 0 Å². The minimum Gasteiger partial charge on any atom is -0.480 e. The summed E-state index contributed by atoms with van der Waals surface area (Å²) in [5, 5.41) is 13.0. The van der Waals surface area contributed by atoms with Crippen molar-refractivity contribution >= 4 is 16.0 Å². The molecule has 1 N–H and O–H groups in total. The fraction of sp³-hybridized carbons (Fsp3) is 0.636. The highest BCUT2D eigenvalue weighted by Crippen LogP contribution is 2.26. The molecule has 1 unspecified atom stereocenters. The van der Waals surface area contributed by atoms with E-state index >= 15 is 0 Å². The molecule has 1 atom stereocenters. The second-order valence-corrected chi connectivity index (χ2v) is 6.75. The Morgan fingerprint density at radius 1 is 1.53 bits per heavy atom. The van der Waals surface area contributed by atoms with E-state index in [1.54, 1.807) is 4.68 Å². The molecule has 19 heavy (non-hydrogen) atoms. The average molecular weight is 287 g/mol. The van der Waals surface area contributed by atoms with Crippen LogP contribution in [0.1, 0.15) is 32.7 Å². The van der Waals surface area contributed by atoms with Crippen LogP contribution in [0.2, 0.25) is 0 Å². The van der Waals surface area contributed by atoms with Gasteiger partial charge in [-0.2, -0.15) is 9.40 Å². The summed E-state index contributed by atoms with van der Waals surface area (Å²) >= 11 is 0. The first-order chi connectivity index (χ1) is 8.84. The molecular weight excluding hydrogens is 270 g/mol. The molecule has 7 nitrogen and oxygen atoms in total. The molecule has 0 saturated carbocycles. The maximum Gasteiger partial charge on any atom is 0.322 e. The number of sulfonamides is 1. The van der Waals surface area contributed by atoms with Crippen molar-refractivity contribution in [2.24, 2.45) is 0 Å². The molecule has 0 aromatic carbocycles. The number of carboxylic acid groups (broad SMARTS) is 1. The number of aromatic nitrogens is 2. The van der Waals surface area contributed by atoms with Crippen LogP contribution < -0.4 is 0 Å². The van der Waals surface area contributed by atoms with Crippen molar-refractivity contribution in [3.8, 4) is 0 Å². The molecule has 0 bridgehead atoms. The fourth-order valence-corrected chi connectivity index (χ4v) is 3.74. The Bertz CT molecular complexity index is 579.